The van der Waals surface area contributed by atoms with Crippen molar-refractivity contribution in [2.24, 2.45) is 5.92 Å². The largest absolute Gasteiger partial charge is 0.393 e. The Morgan fingerprint density at radius 2 is 1.50 bits per heavy atom. The highest BCUT2D eigenvalue weighted by Crippen LogP contribution is 2.28. The highest BCUT2D eigenvalue weighted by molar-refractivity contribution is 6.13. The molecule has 0 saturated heterocycles. The van der Waals surface area contributed by atoms with Gasteiger partial charge in [0.05, 0.1) is 6.10 Å². The topological polar surface area (TPSA) is 32.3 Å². The summed E-state index contributed by atoms with van der Waals surface area (Å²) in [6.07, 6.45) is 12.5. The lowest BCUT2D eigenvalue weighted by Gasteiger charge is -2.34. The second-order valence-electron chi connectivity index (χ2n) is 6.86. The first-order valence-electron chi connectivity index (χ1n) is 8.50. The zero-order chi connectivity index (χ0) is 15.4. The molecular formula is C17H36ClNO. The van der Waals surface area contributed by atoms with E-state index in [9.17, 15) is 5.11 Å². The fourth-order valence-electron chi connectivity index (χ4n) is 2.79. The van der Waals surface area contributed by atoms with Crippen LogP contribution < -0.4 is 4.84 Å². The predicted octanol–water partition coefficient (Wildman–Crippen LogP) is 5.43. The Balaban J connectivity index is 3.80. The van der Waals surface area contributed by atoms with Crippen molar-refractivity contribution in [2.45, 2.75) is 104 Å². The van der Waals surface area contributed by atoms with Crippen LogP contribution in [0.1, 0.15) is 91.9 Å². The molecule has 0 aromatic rings. The molecule has 0 heterocycles. The lowest BCUT2D eigenvalue weighted by atomic mass is 9.80. The Labute approximate surface area is 131 Å². The lowest BCUT2D eigenvalue weighted by Crippen LogP contribution is -2.42. The van der Waals surface area contributed by atoms with E-state index < -0.39 is 0 Å². The van der Waals surface area contributed by atoms with Gasteiger partial charge in [-0.25, -0.2) is 4.84 Å². The van der Waals surface area contributed by atoms with Crippen molar-refractivity contribution < 1.29 is 5.11 Å². The number of aliphatic hydroxyl groups excluding tert-OH is 1. The van der Waals surface area contributed by atoms with Gasteiger partial charge >= 0.3 is 0 Å². The summed E-state index contributed by atoms with van der Waals surface area (Å²) >= 11 is 5.85. The van der Waals surface area contributed by atoms with Crippen molar-refractivity contribution in [2.75, 3.05) is 0 Å². The molecule has 2 atom stereocenters. The highest BCUT2D eigenvalue weighted by atomic mass is 35.5. The molecule has 2 N–H and O–H groups in total. The van der Waals surface area contributed by atoms with Crippen LogP contribution in [-0.2, 0) is 0 Å². The average molecular weight is 306 g/mol. The third-order valence-corrected chi connectivity index (χ3v) is 4.78. The number of halogens is 1. The van der Waals surface area contributed by atoms with E-state index in [2.05, 4.69) is 25.6 Å². The fraction of sp³-hybridized carbons (Fsp3) is 1.00. The van der Waals surface area contributed by atoms with E-state index in [1.807, 2.05) is 6.92 Å². The summed E-state index contributed by atoms with van der Waals surface area (Å²) in [4.78, 5) is 2.88. The first-order chi connectivity index (χ1) is 9.44. The molecule has 0 bridgehead atoms. The summed E-state index contributed by atoms with van der Waals surface area (Å²) in [7, 11) is 0. The van der Waals surface area contributed by atoms with Crippen molar-refractivity contribution in [3.05, 3.63) is 0 Å². The number of hydrogen-bond donors (Lipinski definition) is 2. The molecule has 2 nitrogen and oxygen atoms in total. The molecule has 0 aliphatic rings. The molecule has 0 aromatic carbocycles. The summed E-state index contributed by atoms with van der Waals surface area (Å²) in [6, 6.07) is 0. The Morgan fingerprint density at radius 3 is 1.95 bits per heavy atom. The van der Waals surface area contributed by atoms with Crippen LogP contribution in [0.2, 0.25) is 0 Å². The zero-order valence-electron chi connectivity index (χ0n) is 14.1. The normalized spacial score (nSPS) is 15.3. The molecule has 2 unspecified atom stereocenters. The quantitative estimate of drug-likeness (QED) is 0.351. The van der Waals surface area contributed by atoms with Crippen LogP contribution in [0, 0.1) is 5.92 Å². The van der Waals surface area contributed by atoms with Crippen LogP contribution in [0.25, 0.3) is 0 Å². The molecule has 3 heteroatoms. The number of nitrogens with one attached hydrogen (secondary N) is 1. The Morgan fingerprint density at radius 1 is 1.00 bits per heavy atom. The standard InChI is InChI=1S/C17H36ClNO/c1-5-6-7-8-9-10-11-12-13-16(14-15(2)20)17(3,4)19-18/h15-16,19-20H,5-14H2,1-4H3. The first kappa shape index (κ1) is 20.2. The monoisotopic (exact) mass is 305 g/mol. The van der Waals surface area contributed by atoms with Gasteiger partial charge in [0.15, 0.2) is 0 Å². The van der Waals surface area contributed by atoms with Crippen LogP contribution in [0.3, 0.4) is 0 Å². The molecule has 0 aromatic heterocycles. The van der Waals surface area contributed by atoms with Gasteiger partial charge in [-0.15, -0.1) is 0 Å². The SMILES string of the molecule is CCCCCCCCCCC(CC(C)O)C(C)(C)NCl. The van der Waals surface area contributed by atoms with Crippen LogP contribution in [0.5, 0.6) is 0 Å². The van der Waals surface area contributed by atoms with E-state index in [1.54, 1.807) is 0 Å². The van der Waals surface area contributed by atoms with Gasteiger partial charge in [0.25, 0.3) is 0 Å². The lowest BCUT2D eigenvalue weighted by molar-refractivity contribution is 0.126. The smallest absolute Gasteiger partial charge is 0.0515 e. The number of rotatable bonds is 13. The molecule has 122 valence electrons. The molecule has 0 aliphatic heterocycles. The van der Waals surface area contributed by atoms with Gasteiger partial charge in [0, 0.05) is 5.54 Å². The zero-order valence-corrected chi connectivity index (χ0v) is 14.8. The maximum absolute atomic E-state index is 9.63. The Kier molecular flexibility index (Phi) is 11.9. The van der Waals surface area contributed by atoms with E-state index >= 15 is 0 Å². The van der Waals surface area contributed by atoms with Crippen LogP contribution >= 0.6 is 11.8 Å². The second-order valence-corrected chi connectivity index (χ2v) is 7.05. The molecule has 0 radical (unpaired) electrons. The van der Waals surface area contributed by atoms with E-state index in [-0.39, 0.29) is 11.6 Å². The van der Waals surface area contributed by atoms with Gasteiger partial charge in [0.1, 0.15) is 0 Å². The van der Waals surface area contributed by atoms with Gasteiger partial charge in [-0.2, -0.15) is 0 Å². The summed E-state index contributed by atoms with van der Waals surface area (Å²) in [5, 5.41) is 9.63. The van der Waals surface area contributed by atoms with Crippen molar-refractivity contribution in [1.29, 1.82) is 0 Å². The van der Waals surface area contributed by atoms with Crippen molar-refractivity contribution in [3.8, 4) is 0 Å². The minimum Gasteiger partial charge on any atom is -0.393 e. The third kappa shape index (κ3) is 10.0. The molecular weight excluding hydrogens is 270 g/mol. The predicted molar refractivity (Wildman–Crippen MR) is 90.1 cm³/mol. The van der Waals surface area contributed by atoms with Gasteiger partial charge in [-0.05, 0) is 51.3 Å². The van der Waals surface area contributed by atoms with E-state index in [4.69, 9.17) is 11.8 Å². The molecule has 0 rings (SSSR count). The Bertz CT molecular complexity index is 219. The van der Waals surface area contributed by atoms with E-state index in [1.165, 1.54) is 51.4 Å². The summed E-state index contributed by atoms with van der Waals surface area (Å²) < 4.78 is 0. The highest BCUT2D eigenvalue weighted by Gasteiger charge is 2.29. The summed E-state index contributed by atoms with van der Waals surface area (Å²) in [5.74, 6) is 0.431. The van der Waals surface area contributed by atoms with Crippen molar-refractivity contribution >= 4 is 11.8 Å². The Hall–Kier alpha value is 0.210. The maximum Gasteiger partial charge on any atom is 0.0515 e. The van der Waals surface area contributed by atoms with Gasteiger partial charge in [-0.1, -0.05) is 58.3 Å². The molecule has 0 amide bonds. The van der Waals surface area contributed by atoms with Gasteiger partial charge in [-0.3, -0.25) is 0 Å². The van der Waals surface area contributed by atoms with Crippen molar-refractivity contribution in [1.82, 2.24) is 4.84 Å². The molecule has 20 heavy (non-hydrogen) atoms. The maximum atomic E-state index is 9.63. The number of unbranched alkanes of at least 4 members (excludes halogenated alkanes) is 7. The van der Waals surface area contributed by atoms with Gasteiger partial charge < -0.3 is 5.11 Å². The van der Waals surface area contributed by atoms with Gasteiger partial charge in [0.2, 0.25) is 0 Å². The second kappa shape index (κ2) is 11.8. The number of hydrogen-bond acceptors (Lipinski definition) is 2. The summed E-state index contributed by atoms with van der Waals surface area (Å²) in [6.45, 7) is 8.37. The fourth-order valence-corrected chi connectivity index (χ4v) is 2.94. The van der Waals surface area contributed by atoms with Crippen LogP contribution in [0.4, 0.5) is 0 Å². The minimum absolute atomic E-state index is 0.111. The summed E-state index contributed by atoms with van der Waals surface area (Å²) in [5.41, 5.74) is -0.111. The average Bonchev–Trinajstić information content (AvgIpc) is 2.40. The molecule has 0 aliphatic carbocycles. The molecule has 0 saturated carbocycles. The van der Waals surface area contributed by atoms with Crippen LogP contribution in [0.15, 0.2) is 0 Å². The third-order valence-electron chi connectivity index (χ3n) is 4.30. The van der Waals surface area contributed by atoms with Crippen LogP contribution in [-0.4, -0.2) is 16.7 Å². The molecule has 0 fully saturated rings. The van der Waals surface area contributed by atoms with E-state index in [0.717, 1.165) is 12.8 Å². The first-order valence-corrected chi connectivity index (χ1v) is 8.87. The van der Waals surface area contributed by atoms with E-state index in [0.29, 0.717) is 5.92 Å². The number of aliphatic hydroxyl groups is 1. The minimum atomic E-state index is -0.252. The molecule has 0 spiro atoms. The van der Waals surface area contributed by atoms with Crippen molar-refractivity contribution in [3.63, 3.8) is 0 Å².